The minimum Gasteiger partial charge on any atom is -0.371 e. The molecule has 2 heterocycles. The van der Waals surface area contributed by atoms with E-state index >= 15 is 0 Å². The Morgan fingerprint density at radius 1 is 1.28 bits per heavy atom. The van der Waals surface area contributed by atoms with Crippen molar-refractivity contribution >= 4 is 26.6 Å². The number of hydrogen-bond donors (Lipinski definition) is 0. The monoisotopic (exact) mass is 369 g/mol. The Balaban J connectivity index is 1.83. The van der Waals surface area contributed by atoms with Crippen molar-refractivity contribution in [1.82, 2.24) is 9.29 Å². The van der Waals surface area contributed by atoms with E-state index in [4.69, 9.17) is 0 Å². The van der Waals surface area contributed by atoms with Crippen molar-refractivity contribution in [3.8, 4) is 0 Å². The third kappa shape index (κ3) is 3.46. The lowest BCUT2D eigenvalue weighted by atomic mass is 10.0. The highest BCUT2D eigenvalue weighted by molar-refractivity contribution is 7.89. The molecule has 3 rings (SSSR count). The summed E-state index contributed by atoms with van der Waals surface area (Å²) in [7, 11) is -1.60. The zero-order chi connectivity index (χ0) is 18.2. The van der Waals surface area contributed by atoms with Crippen LogP contribution in [0.15, 0.2) is 24.4 Å². The Kier molecular flexibility index (Phi) is 4.92. The molecule has 1 aromatic carbocycles. The van der Waals surface area contributed by atoms with Crippen molar-refractivity contribution in [2.45, 2.75) is 25.8 Å². The van der Waals surface area contributed by atoms with Crippen LogP contribution in [0.1, 0.15) is 19.8 Å². The van der Waals surface area contributed by atoms with Crippen molar-refractivity contribution in [2.75, 3.05) is 30.8 Å². The highest BCUT2D eigenvalue weighted by atomic mass is 32.2. The van der Waals surface area contributed by atoms with Crippen molar-refractivity contribution in [2.24, 2.45) is 0 Å². The first-order valence-corrected chi connectivity index (χ1v) is 9.89. The van der Waals surface area contributed by atoms with E-state index in [-0.39, 0.29) is 17.3 Å². The summed E-state index contributed by atoms with van der Waals surface area (Å²) in [5, 5.41) is 0.438. The Morgan fingerprint density at radius 3 is 2.60 bits per heavy atom. The molecule has 0 spiro atoms. The molecule has 1 saturated heterocycles. The van der Waals surface area contributed by atoms with Crippen LogP contribution < -0.4 is 4.90 Å². The average molecular weight is 369 g/mol. The molecule has 0 bridgehead atoms. The fraction of sp³-hybridized carbons (Fsp3) is 0.471. The highest BCUT2D eigenvalue weighted by Gasteiger charge is 2.29. The fourth-order valence-electron chi connectivity index (χ4n) is 3.34. The second-order valence-corrected chi connectivity index (χ2v) is 8.57. The standard InChI is InChI=1S/C17H21F2N3O2S/c1-3-25(23,24)21(2)13-5-8-22(9-6-13)16-4-7-20-17-14(16)10-12(18)11-15(17)19/h4,7,10-11,13H,3,5-6,8-9H2,1-2H3. The number of nitrogens with zero attached hydrogens (tertiary/aromatic N) is 3. The summed E-state index contributed by atoms with van der Waals surface area (Å²) in [4.78, 5) is 6.04. The summed E-state index contributed by atoms with van der Waals surface area (Å²) in [6.07, 6.45) is 2.84. The van der Waals surface area contributed by atoms with Gasteiger partial charge in [-0.05, 0) is 31.9 Å². The topological polar surface area (TPSA) is 53.5 Å². The molecule has 0 N–H and O–H groups in total. The zero-order valence-corrected chi connectivity index (χ0v) is 15.1. The number of rotatable bonds is 4. The molecule has 1 fully saturated rings. The number of piperidine rings is 1. The number of benzene rings is 1. The maximum absolute atomic E-state index is 13.9. The largest absolute Gasteiger partial charge is 0.371 e. The fourth-order valence-corrected chi connectivity index (χ4v) is 4.41. The number of pyridine rings is 1. The van der Waals surface area contributed by atoms with Gasteiger partial charge in [0.2, 0.25) is 10.0 Å². The first-order chi connectivity index (χ1) is 11.8. The smallest absolute Gasteiger partial charge is 0.213 e. The van der Waals surface area contributed by atoms with Gasteiger partial charge in [-0.15, -0.1) is 0 Å². The van der Waals surface area contributed by atoms with E-state index < -0.39 is 21.7 Å². The SMILES string of the molecule is CCS(=O)(=O)N(C)C1CCN(c2ccnc3c(F)cc(F)cc23)CC1. The molecule has 136 valence electrons. The van der Waals surface area contributed by atoms with Gasteiger partial charge >= 0.3 is 0 Å². The third-order valence-corrected chi connectivity index (χ3v) is 6.77. The Labute approximate surface area is 146 Å². The summed E-state index contributed by atoms with van der Waals surface area (Å²) < 4.78 is 53.1. The summed E-state index contributed by atoms with van der Waals surface area (Å²) in [6, 6.07) is 3.81. The first kappa shape index (κ1) is 18.0. The maximum Gasteiger partial charge on any atom is 0.213 e. The van der Waals surface area contributed by atoms with Gasteiger partial charge in [0, 0.05) is 49.5 Å². The second-order valence-electron chi connectivity index (χ2n) is 6.25. The molecule has 5 nitrogen and oxygen atoms in total. The van der Waals surface area contributed by atoms with Crippen LogP contribution in [-0.4, -0.2) is 49.6 Å². The number of hydrogen-bond acceptors (Lipinski definition) is 4. The summed E-state index contributed by atoms with van der Waals surface area (Å²) in [6.45, 7) is 2.87. The predicted octanol–water partition coefficient (Wildman–Crippen LogP) is 2.76. The van der Waals surface area contributed by atoms with E-state index in [9.17, 15) is 17.2 Å². The Bertz CT molecular complexity index is 881. The van der Waals surface area contributed by atoms with Gasteiger partial charge in [-0.3, -0.25) is 4.98 Å². The molecule has 0 amide bonds. The maximum atomic E-state index is 13.9. The van der Waals surface area contributed by atoms with E-state index in [1.54, 1.807) is 20.0 Å². The summed E-state index contributed by atoms with van der Waals surface area (Å²) in [5.41, 5.74) is 0.870. The quantitative estimate of drug-likeness (QED) is 0.832. The van der Waals surface area contributed by atoms with Crippen molar-refractivity contribution in [1.29, 1.82) is 0 Å². The van der Waals surface area contributed by atoms with Crippen LogP contribution >= 0.6 is 0 Å². The lowest BCUT2D eigenvalue weighted by Gasteiger charge is -2.37. The van der Waals surface area contributed by atoms with Crippen LogP contribution in [0.5, 0.6) is 0 Å². The lowest BCUT2D eigenvalue weighted by molar-refractivity contribution is 0.312. The molecule has 0 saturated carbocycles. The average Bonchev–Trinajstić information content (AvgIpc) is 2.60. The minimum absolute atomic E-state index is 0.0530. The van der Waals surface area contributed by atoms with E-state index in [1.165, 1.54) is 16.6 Å². The van der Waals surface area contributed by atoms with Gasteiger partial charge in [0.15, 0.2) is 5.82 Å². The molecule has 0 radical (unpaired) electrons. The van der Waals surface area contributed by atoms with E-state index in [0.717, 1.165) is 11.8 Å². The van der Waals surface area contributed by atoms with Gasteiger partial charge < -0.3 is 4.90 Å². The molecule has 0 unspecified atom stereocenters. The second kappa shape index (κ2) is 6.84. The molecule has 25 heavy (non-hydrogen) atoms. The number of aromatic nitrogens is 1. The Morgan fingerprint density at radius 2 is 1.96 bits per heavy atom. The molecular weight excluding hydrogens is 348 g/mol. The zero-order valence-electron chi connectivity index (χ0n) is 14.2. The van der Waals surface area contributed by atoms with Gasteiger partial charge in [0.1, 0.15) is 11.3 Å². The third-order valence-electron chi connectivity index (χ3n) is 4.86. The molecule has 8 heteroatoms. The molecule has 1 aliphatic heterocycles. The van der Waals surface area contributed by atoms with Gasteiger partial charge in [0.05, 0.1) is 5.75 Å². The Hall–Kier alpha value is -1.80. The van der Waals surface area contributed by atoms with Crippen LogP contribution in [-0.2, 0) is 10.0 Å². The molecule has 2 aromatic rings. The minimum atomic E-state index is -3.22. The van der Waals surface area contributed by atoms with Crippen LogP contribution in [0, 0.1) is 11.6 Å². The summed E-state index contributed by atoms with van der Waals surface area (Å²) >= 11 is 0. The molecular formula is C17H21F2N3O2S. The van der Waals surface area contributed by atoms with Crippen LogP contribution in [0.25, 0.3) is 10.9 Å². The van der Waals surface area contributed by atoms with Crippen LogP contribution in [0.4, 0.5) is 14.5 Å². The number of halogens is 2. The number of anilines is 1. The summed E-state index contributed by atoms with van der Waals surface area (Å²) in [5.74, 6) is -1.24. The van der Waals surface area contributed by atoms with E-state index in [2.05, 4.69) is 4.98 Å². The van der Waals surface area contributed by atoms with Gasteiger partial charge in [0.25, 0.3) is 0 Å². The molecule has 0 aliphatic carbocycles. The van der Waals surface area contributed by atoms with Crippen molar-refractivity contribution in [3.05, 3.63) is 36.0 Å². The molecule has 1 aromatic heterocycles. The van der Waals surface area contributed by atoms with Gasteiger partial charge in [-0.25, -0.2) is 21.5 Å². The number of fused-ring (bicyclic) bond motifs is 1. The van der Waals surface area contributed by atoms with Crippen molar-refractivity contribution in [3.63, 3.8) is 0 Å². The first-order valence-electron chi connectivity index (χ1n) is 8.28. The lowest BCUT2D eigenvalue weighted by Crippen LogP contribution is -2.46. The molecule has 0 atom stereocenters. The number of sulfonamides is 1. The highest BCUT2D eigenvalue weighted by Crippen LogP contribution is 2.30. The van der Waals surface area contributed by atoms with E-state index in [0.29, 0.717) is 31.3 Å². The van der Waals surface area contributed by atoms with Gasteiger partial charge in [-0.1, -0.05) is 0 Å². The predicted molar refractivity (Wildman–Crippen MR) is 94.1 cm³/mol. The van der Waals surface area contributed by atoms with Crippen molar-refractivity contribution < 1.29 is 17.2 Å². The normalized spacial score (nSPS) is 16.8. The van der Waals surface area contributed by atoms with E-state index in [1.807, 2.05) is 4.90 Å². The van der Waals surface area contributed by atoms with Gasteiger partial charge in [-0.2, -0.15) is 0 Å². The van der Waals surface area contributed by atoms with Crippen LogP contribution in [0.3, 0.4) is 0 Å². The molecule has 1 aliphatic rings. The van der Waals surface area contributed by atoms with Crippen LogP contribution in [0.2, 0.25) is 0 Å².